The summed E-state index contributed by atoms with van der Waals surface area (Å²) in [6.45, 7) is 5.49. The number of hydrogen-bond donors (Lipinski definition) is 0. The minimum Gasteiger partial charge on any atom is -0.360 e. The molecule has 0 saturated carbocycles. The number of rotatable bonds is 5. The summed E-state index contributed by atoms with van der Waals surface area (Å²) in [6, 6.07) is 18.5. The van der Waals surface area contributed by atoms with Gasteiger partial charge in [0.2, 0.25) is 0 Å². The van der Waals surface area contributed by atoms with Crippen LogP contribution in [0.5, 0.6) is 0 Å². The molecule has 0 bridgehead atoms. The van der Waals surface area contributed by atoms with Crippen LogP contribution in [0.2, 0.25) is 5.02 Å². The molecule has 2 heterocycles. The first-order valence-electron chi connectivity index (χ1n) is 9.69. The van der Waals surface area contributed by atoms with Crippen LogP contribution in [0.3, 0.4) is 0 Å². The molecule has 0 unspecified atom stereocenters. The van der Waals surface area contributed by atoms with Crippen molar-refractivity contribution in [3.63, 3.8) is 0 Å². The smallest absolute Gasteiger partial charge is 0.143 e. The van der Waals surface area contributed by atoms with Crippen molar-refractivity contribution in [1.82, 2.24) is 10.1 Å². The average Bonchev–Trinajstić information content (AvgIpc) is 3.09. The minimum atomic E-state index is 0. The van der Waals surface area contributed by atoms with Crippen molar-refractivity contribution < 1.29 is 4.52 Å². The molecule has 4 rings (SSSR count). The average molecular weight is 417 g/mol. The molecule has 1 aromatic heterocycles. The molecule has 5 heteroatoms. The van der Waals surface area contributed by atoms with Crippen LogP contribution < -0.4 is 0 Å². The maximum absolute atomic E-state index is 6.00. The van der Waals surface area contributed by atoms with Gasteiger partial charge in [0, 0.05) is 28.6 Å². The van der Waals surface area contributed by atoms with Gasteiger partial charge in [-0.25, -0.2) is 0 Å². The number of aromatic nitrogens is 1. The number of benzene rings is 2. The van der Waals surface area contributed by atoms with E-state index in [1.807, 2.05) is 24.3 Å². The van der Waals surface area contributed by atoms with Crippen LogP contribution in [0.1, 0.15) is 35.6 Å². The van der Waals surface area contributed by atoms with Crippen molar-refractivity contribution in [3.8, 4) is 11.3 Å². The fraction of sp³-hybridized carbons (Fsp3) is 0.348. The largest absolute Gasteiger partial charge is 0.360 e. The van der Waals surface area contributed by atoms with E-state index in [0.29, 0.717) is 5.92 Å². The van der Waals surface area contributed by atoms with Crippen LogP contribution in [0, 0.1) is 6.92 Å². The quantitative estimate of drug-likeness (QED) is 0.499. The lowest BCUT2D eigenvalue weighted by molar-refractivity contribution is 0.198. The number of likely N-dealkylation sites (tertiary alicyclic amines) is 1. The van der Waals surface area contributed by atoms with Gasteiger partial charge in [0.05, 0.1) is 0 Å². The summed E-state index contributed by atoms with van der Waals surface area (Å²) in [5.41, 5.74) is 4.58. The lowest BCUT2D eigenvalue weighted by Gasteiger charge is -2.31. The number of halogens is 2. The molecule has 1 fully saturated rings. The lowest BCUT2D eigenvalue weighted by atomic mass is 9.91. The minimum absolute atomic E-state index is 0. The molecule has 1 aliphatic rings. The molecule has 148 valence electrons. The third kappa shape index (κ3) is 4.78. The van der Waals surface area contributed by atoms with E-state index in [1.54, 1.807) is 0 Å². The van der Waals surface area contributed by atoms with Gasteiger partial charge < -0.3 is 9.42 Å². The zero-order valence-corrected chi connectivity index (χ0v) is 17.7. The monoisotopic (exact) mass is 416 g/mol. The Morgan fingerprint density at radius 1 is 1.04 bits per heavy atom. The Balaban J connectivity index is 0.00000225. The molecule has 3 aromatic rings. The second-order valence-electron chi connectivity index (χ2n) is 7.38. The van der Waals surface area contributed by atoms with Gasteiger partial charge in [0.15, 0.2) is 0 Å². The molecule has 3 nitrogen and oxygen atoms in total. The molecule has 0 amide bonds. The molecule has 2 aromatic carbocycles. The molecule has 0 N–H and O–H groups in total. The Labute approximate surface area is 178 Å². The zero-order chi connectivity index (χ0) is 18.6. The van der Waals surface area contributed by atoms with E-state index >= 15 is 0 Å². The summed E-state index contributed by atoms with van der Waals surface area (Å²) in [4.78, 5) is 2.56. The van der Waals surface area contributed by atoms with Gasteiger partial charge >= 0.3 is 0 Å². The van der Waals surface area contributed by atoms with Crippen LogP contribution in [0.25, 0.3) is 11.3 Å². The van der Waals surface area contributed by atoms with Gasteiger partial charge in [-0.1, -0.05) is 59.2 Å². The Bertz CT molecular complexity index is 869. The molecular weight excluding hydrogens is 391 g/mol. The fourth-order valence-electron chi connectivity index (χ4n) is 3.96. The van der Waals surface area contributed by atoms with E-state index in [0.717, 1.165) is 60.9 Å². The van der Waals surface area contributed by atoms with Gasteiger partial charge in [0.1, 0.15) is 11.5 Å². The first-order valence-corrected chi connectivity index (χ1v) is 10.1. The second-order valence-corrected chi connectivity index (χ2v) is 7.82. The first kappa shape index (κ1) is 20.9. The predicted octanol–water partition coefficient (Wildman–Crippen LogP) is 6.15. The van der Waals surface area contributed by atoms with E-state index in [-0.39, 0.29) is 12.4 Å². The second kappa shape index (κ2) is 9.60. The topological polar surface area (TPSA) is 29.3 Å². The van der Waals surface area contributed by atoms with E-state index in [1.165, 1.54) is 11.1 Å². The summed E-state index contributed by atoms with van der Waals surface area (Å²) in [6.07, 6.45) is 3.38. The number of piperidine rings is 1. The summed E-state index contributed by atoms with van der Waals surface area (Å²) in [5.74, 6) is 1.52. The van der Waals surface area contributed by atoms with Gasteiger partial charge in [-0.3, -0.25) is 0 Å². The standard InChI is InChI=1S/C23H25ClN2O.ClH/c1-17-22(19-7-9-21(24)10-8-19)25-27-23(17)20-12-15-26(16-13-20)14-11-18-5-3-2-4-6-18;/h2-10,20H,11-16H2,1H3;1H. The first-order chi connectivity index (χ1) is 13.2. The van der Waals surface area contributed by atoms with Crippen molar-refractivity contribution in [2.24, 2.45) is 0 Å². The molecule has 28 heavy (non-hydrogen) atoms. The highest BCUT2D eigenvalue weighted by atomic mass is 35.5. The predicted molar refractivity (Wildman–Crippen MR) is 117 cm³/mol. The highest BCUT2D eigenvalue weighted by Crippen LogP contribution is 2.35. The lowest BCUT2D eigenvalue weighted by Crippen LogP contribution is -2.34. The zero-order valence-electron chi connectivity index (χ0n) is 16.1. The third-order valence-electron chi connectivity index (χ3n) is 5.60. The van der Waals surface area contributed by atoms with Crippen LogP contribution in [0.4, 0.5) is 0 Å². The van der Waals surface area contributed by atoms with Crippen LogP contribution in [-0.2, 0) is 6.42 Å². The highest BCUT2D eigenvalue weighted by Gasteiger charge is 2.26. The summed E-state index contributed by atoms with van der Waals surface area (Å²) in [7, 11) is 0. The van der Waals surface area contributed by atoms with E-state index in [2.05, 4.69) is 47.3 Å². The molecule has 1 aliphatic heterocycles. The normalized spacial score (nSPS) is 15.4. The molecule has 0 atom stereocenters. The van der Waals surface area contributed by atoms with E-state index in [9.17, 15) is 0 Å². The number of hydrogen-bond acceptors (Lipinski definition) is 3. The third-order valence-corrected chi connectivity index (χ3v) is 5.85. The number of nitrogens with zero attached hydrogens (tertiary/aromatic N) is 2. The van der Waals surface area contributed by atoms with Crippen molar-refractivity contribution >= 4 is 24.0 Å². The molecule has 1 saturated heterocycles. The Morgan fingerprint density at radius 2 is 1.71 bits per heavy atom. The van der Waals surface area contributed by atoms with Crippen LogP contribution in [-0.4, -0.2) is 29.7 Å². The van der Waals surface area contributed by atoms with Gasteiger partial charge in [-0.2, -0.15) is 0 Å². The Kier molecular flexibility index (Phi) is 7.17. The van der Waals surface area contributed by atoms with Crippen molar-refractivity contribution in [1.29, 1.82) is 0 Å². The molecular formula is C23H26Cl2N2O. The highest BCUT2D eigenvalue weighted by molar-refractivity contribution is 6.30. The summed E-state index contributed by atoms with van der Waals surface area (Å²) >= 11 is 6.00. The molecule has 0 aliphatic carbocycles. The van der Waals surface area contributed by atoms with Gasteiger partial charge in [0.25, 0.3) is 0 Å². The van der Waals surface area contributed by atoms with Crippen molar-refractivity contribution in [3.05, 3.63) is 76.5 Å². The van der Waals surface area contributed by atoms with Gasteiger partial charge in [-0.05, 0) is 57.0 Å². The Morgan fingerprint density at radius 3 is 2.39 bits per heavy atom. The maximum atomic E-state index is 6.00. The van der Waals surface area contributed by atoms with Crippen LogP contribution >= 0.6 is 24.0 Å². The summed E-state index contributed by atoms with van der Waals surface area (Å²) in [5, 5.41) is 5.09. The summed E-state index contributed by atoms with van der Waals surface area (Å²) < 4.78 is 5.78. The fourth-order valence-corrected chi connectivity index (χ4v) is 4.08. The van der Waals surface area contributed by atoms with Gasteiger partial charge in [-0.15, -0.1) is 12.4 Å². The van der Waals surface area contributed by atoms with E-state index in [4.69, 9.17) is 16.1 Å². The maximum Gasteiger partial charge on any atom is 0.143 e. The van der Waals surface area contributed by atoms with E-state index < -0.39 is 0 Å². The van der Waals surface area contributed by atoms with Crippen molar-refractivity contribution in [2.75, 3.05) is 19.6 Å². The van der Waals surface area contributed by atoms with Crippen molar-refractivity contribution in [2.45, 2.75) is 32.1 Å². The SMILES string of the molecule is Cc1c(-c2ccc(Cl)cc2)noc1C1CCN(CCc2ccccc2)CC1.Cl. The molecule has 0 spiro atoms. The Hall–Kier alpha value is -1.81. The molecule has 0 radical (unpaired) electrons. The van der Waals surface area contributed by atoms with Crippen LogP contribution in [0.15, 0.2) is 59.1 Å².